The van der Waals surface area contributed by atoms with Gasteiger partial charge in [0.15, 0.2) is 0 Å². The third-order valence-electron chi connectivity index (χ3n) is 3.36. The van der Waals surface area contributed by atoms with Crippen molar-refractivity contribution < 1.29 is 0 Å². The molecule has 0 N–H and O–H groups in total. The van der Waals surface area contributed by atoms with Crippen molar-refractivity contribution in [3.8, 4) is 0 Å². The highest BCUT2D eigenvalue weighted by atomic mass is 32.2. The Morgan fingerprint density at radius 3 is 2.71 bits per heavy atom. The molecule has 2 radical (unpaired) electrons. The third kappa shape index (κ3) is 2.87. The van der Waals surface area contributed by atoms with E-state index in [0.29, 0.717) is 5.92 Å². The molecule has 1 fully saturated rings. The fraction of sp³-hybridized carbons (Fsp3) is 0.333. The standard InChI is InChI=1S/C15H17BS/c1-3-12-10-14(16)4-5-15(12)11(2)13-6-8-17-9-7-13/h3-5,10,13H,1-2,6-9H2. The molecule has 0 amide bonds. The van der Waals surface area contributed by atoms with E-state index in [4.69, 9.17) is 7.85 Å². The van der Waals surface area contributed by atoms with Crippen molar-refractivity contribution in [1.29, 1.82) is 0 Å². The van der Waals surface area contributed by atoms with Crippen LogP contribution in [0, 0.1) is 5.92 Å². The van der Waals surface area contributed by atoms with E-state index >= 15 is 0 Å². The molecule has 0 atom stereocenters. The quantitative estimate of drug-likeness (QED) is 0.730. The summed E-state index contributed by atoms with van der Waals surface area (Å²) < 4.78 is 0. The number of hydrogen-bond donors (Lipinski definition) is 0. The topological polar surface area (TPSA) is 0 Å². The molecule has 1 saturated heterocycles. The lowest BCUT2D eigenvalue weighted by molar-refractivity contribution is 0.620. The Morgan fingerprint density at radius 2 is 2.06 bits per heavy atom. The summed E-state index contributed by atoms with van der Waals surface area (Å²) in [5.74, 6) is 3.13. The number of allylic oxidation sites excluding steroid dienone is 1. The average Bonchev–Trinajstić information content (AvgIpc) is 2.39. The Hall–Kier alpha value is -0.885. The number of benzene rings is 1. The van der Waals surface area contributed by atoms with Gasteiger partial charge in [0.05, 0.1) is 0 Å². The van der Waals surface area contributed by atoms with Crippen LogP contribution in [0.4, 0.5) is 0 Å². The lowest BCUT2D eigenvalue weighted by atomic mass is 9.84. The zero-order chi connectivity index (χ0) is 12.3. The molecule has 0 saturated carbocycles. The van der Waals surface area contributed by atoms with E-state index < -0.39 is 0 Å². The van der Waals surface area contributed by atoms with Gasteiger partial charge in [-0.05, 0) is 47.0 Å². The SMILES string of the molecule is [B]c1ccc(C(=C)C2CCSCC2)c(C=C)c1. The van der Waals surface area contributed by atoms with Crippen molar-refractivity contribution in [1.82, 2.24) is 0 Å². The van der Waals surface area contributed by atoms with Gasteiger partial charge in [-0.1, -0.05) is 42.9 Å². The molecule has 0 unspecified atom stereocenters. The zero-order valence-electron chi connectivity index (χ0n) is 10.1. The van der Waals surface area contributed by atoms with E-state index in [1.807, 2.05) is 30.0 Å². The van der Waals surface area contributed by atoms with Crippen molar-refractivity contribution in [2.24, 2.45) is 5.92 Å². The molecule has 0 bridgehead atoms. The normalized spacial score (nSPS) is 16.7. The molecule has 0 aliphatic carbocycles. The van der Waals surface area contributed by atoms with Crippen molar-refractivity contribution in [2.45, 2.75) is 12.8 Å². The van der Waals surface area contributed by atoms with Crippen LogP contribution < -0.4 is 5.46 Å². The van der Waals surface area contributed by atoms with Crippen molar-refractivity contribution >= 4 is 36.7 Å². The van der Waals surface area contributed by atoms with Crippen LogP contribution >= 0.6 is 11.8 Å². The Kier molecular flexibility index (Phi) is 4.17. The summed E-state index contributed by atoms with van der Waals surface area (Å²) in [6.45, 7) is 8.15. The molecule has 1 aromatic carbocycles. The lowest BCUT2D eigenvalue weighted by Crippen LogP contribution is -2.12. The molecule has 17 heavy (non-hydrogen) atoms. The summed E-state index contributed by atoms with van der Waals surface area (Å²) in [5, 5.41) is 0. The molecule has 1 heterocycles. The summed E-state index contributed by atoms with van der Waals surface area (Å²) in [4.78, 5) is 0. The van der Waals surface area contributed by atoms with Crippen LogP contribution in [0.15, 0.2) is 31.4 Å². The van der Waals surface area contributed by atoms with E-state index in [1.54, 1.807) is 0 Å². The molecule has 1 aliphatic rings. The second-order valence-corrected chi connectivity index (χ2v) is 5.69. The predicted molar refractivity (Wildman–Crippen MR) is 81.0 cm³/mol. The van der Waals surface area contributed by atoms with E-state index in [9.17, 15) is 0 Å². The summed E-state index contributed by atoms with van der Waals surface area (Å²) in [7, 11) is 5.80. The Balaban J connectivity index is 2.26. The zero-order valence-corrected chi connectivity index (χ0v) is 10.9. The predicted octanol–water partition coefficient (Wildman–Crippen LogP) is 3.28. The van der Waals surface area contributed by atoms with Crippen molar-refractivity contribution in [3.05, 3.63) is 42.5 Å². The second-order valence-electron chi connectivity index (χ2n) is 4.46. The largest absolute Gasteiger partial charge is 0.162 e. The van der Waals surface area contributed by atoms with Crippen LogP contribution in [0.3, 0.4) is 0 Å². The summed E-state index contributed by atoms with van der Waals surface area (Å²) in [6.07, 6.45) is 4.35. The van der Waals surface area contributed by atoms with Crippen LogP contribution in [-0.2, 0) is 0 Å². The lowest BCUT2D eigenvalue weighted by Gasteiger charge is -2.24. The van der Waals surface area contributed by atoms with Gasteiger partial charge in [0.1, 0.15) is 7.85 Å². The molecular weight excluding hydrogens is 223 g/mol. The van der Waals surface area contributed by atoms with Crippen LogP contribution in [-0.4, -0.2) is 19.4 Å². The molecule has 0 aromatic heterocycles. The van der Waals surface area contributed by atoms with E-state index in [1.165, 1.54) is 35.5 Å². The average molecular weight is 240 g/mol. The Labute approximate surface area is 110 Å². The first-order valence-corrected chi connectivity index (χ1v) is 7.16. The maximum absolute atomic E-state index is 5.80. The minimum Gasteiger partial charge on any atom is -0.162 e. The number of hydrogen-bond acceptors (Lipinski definition) is 1. The molecular formula is C15H17BS. The smallest absolute Gasteiger partial charge is 0.113 e. The van der Waals surface area contributed by atoms with Crippen LogP contribution in [0.1, 0.15) is 24.0 Å². The molecule has 86 valence electrons. The van der Waals surface area contributed by atoms with E-state index in [-0.39, 0.29) is 0 Å². The first kappa shape index (κ1) is 12.6. The highest BCUT2D eigenvalue weighted by Gasteiger charge is 2.18. The van der Waals surface area contributed by atoms with Gasteiger partial charge in [-0.25, -0.2) is 0 Å². The van der Waals surface area contributed by atoms with Gasteiger partial charge in [-0.3, -0.25) is 0 Å². The van der Waals surface area contributed by atoms with Crippen LogP contribution in [0.25, 0.3) is 11.6 Å². The van der Waals surface area contributed by atoms with Gasteiger partial charge >= 0.3 is 0 Å². The first-order chi connectivity index (χ1) is 8.22. The maximum atomic E-state index is 5.80. The van der Waals surface area contributed by atoms with Gasteiger partial charge in [0.25, 0.3) is 0 Å². The maximum Gasteiger partial charge on any atom is 0.113 e. The molecule has 0 nitrogen and oxygen atoms in total. The first-order valence-electron chi connectivity index (χ1n) is 6.01. The highest BCUT2D eigenvalue weighted by Crippen LogP contribution is 2.34. The second kappa shape index (κ2) is 5.64. The Bertz CT molecular complexity index is 431. The minimum absolute atomic E-state index is 0.624. The number of rotatable bonds is 3. The van der Waals surface area contributed by atoms with Crippen LogP contribution in [0.2, 0.25) is 0 Å². The van der Waals surface area contributed by atoms with Gasteiger partial charge < -0.3 is 0 Å². The molecule has 0 spiro atoms. The highest BCUT2D eigenvalue weighted by molar-refractivity contribution is 7.99. The van der Waals surface area contributed by atoms with Crippen molar-refractivity contribution in [2.75, 3.05) is 11.5 Å². The van der Waals surface area contributed by atoms with Gasteiger partial charge in [-0.2, -0.15) is 11.8 Å². The Morgan fingerprint density at radius 1 is 1.35 bits per heavy atom. The van der Waals surface area contributed by atoms with E-state index in [2.05, 4.69) is 19.2 Å². The monoisotopic (exact) mass is 240 g/mol. The molecule has 2 rings (SSSR count). The third-order valence-corrected chi connectivity index (χ3v) is 4.40. The van der Waals surface area contributed by atoms with Crippen LogP contribution in [0.5, 0.6) is 0 Å². The fourth-order valence-electron chi connectivity index (χ4n) is 2.31. The van der Waals surface area contributed by atoms with Gasteiger partial charge in [-0.15, -0.1) is 0 Å². The number of thioether (sulfide) groups is 1. The van der Waals surface area contributed by atoms with Gasteiger partial charge in [0, 0.05) is 0 Å². The van der Waals surface area contributed by atoms with Crippen molar-refractivity contribution in [3.63, 3.8) is 0 Å². The minimum atomic E-state index is 0.624. The van der Waals surface area contributed by atoms with Gasteiger partial charge in [0.2, 0.25) is 0 Å². The molecule has 1 aromatic rings. The molecule has 2 heteroatoms. The summed E-state index contributed by atoms with van der Waals surface area (Å²) >= 11 is 2.04. The summed E-state index contributed by atoms with van der Waals surface area (Å²) in [5.41, 5.74) is 4.36. The molecule has 1 aliphatic heterocycles. The fourth-order valence-corrected chi connectivity index (χ4v) is 3.41. The van der Waals surface area contributed by atoms with E-state index in [0.717, 1.165) is 11.0 Å². The summed E-state index contributed by atoms with van der Waals surface area (Å²) in [6, 6.07) is 6.01.